The van der Waals surface area contributed by atoms with Crippen LogP contribution in [0.5, 0.6) is 0 Å². The van der Waals surface area contributed by atoms with Crippen LogP contribution in [0.3, 0.4) is 0 Å². The van der Waals surface area contributed by atoms with Crippen LogP contribution in [0.15, 0.2) is 60.2 Å². The molecule has 3 rings (SSSR count). The Morgan fingerprint density at radius 2 is 1.96 bits per heavy atom. The number of allylic oxidation sites excluding steroid dienone is 4. The van der Waals surface area contributed by atoms with Crippen molar-refractivity contribution in [2.75, 3.05) is 14.1 Å². The summed E-state index contributed by atoms with van der Waals surface area (Å²) in [6, 6.07) is 10.3. The van der Waals surface area contributed by atoms with E-state index in [0.717, 1.165) is 32.1 Å². The van der Waals surface area contributed by atoms with Gasteiger partial charge in [0.25, 0.3) is 0 Å². The van der Waals surface area contributed by atoms with Crippen molar-refractivity contribution in [1.82, 2.24) is 4.90 Å². The molecule has 150 valence electrons. The van der Waals surface area contributed by atoms with Crippen molar-refractivity contribution in [3.05, 3.63) is 65.8 Å². The third-order valence-electron chi connectivity index (χ3n) is 6.12. The first kappa shape index (κ1) is 20.6. The van der Waals surface area contributed by atoms with Crippen LogP contribution in [0.25, 0.3) is 6.08 Å². The van der Waals surface area contributed by atoms with Crippen LogP contribution in [-0.4, -0.2) is 36.1 Å². The van der Waals surface area contributed by atoms with Gasteiger partial charge in [-0.15, -0.1) is 0 Å². The maximum atomic E-state index is 11.7. The predicted octanol–water partition coefficient (Wildman–Crippen LogP) is 4.85. The molecule has 0 spiro atoms. The van der Waals surface area contributed by atoms with Gasteiger partial charge in [-0.3, -0.25) is 4.79 Å². The summed E-state index contributed by atoms with van der Waals surface area (Å²) in [4.78, 5) is 13.3. The van der Waals surface area contributed by atoms with Crippen molar-refractivity contribution in [3.63, 3.8) is 0 Å². The number of fused-ring (bicyclic) bond motifs is 1. The summed E-state index contributed by atoms with van der Waals surface area (Å²) in [6.07, 6.45) is 16.4. The van der Waals surface area contributed by atoms with E-state index in [4.69, 9.17) is 0 Å². The number of hydrogen-bond donors (Lipinski definition) is 1. The van der Waals surface area contributed by atoms with Crippen LogP contribution < -0.4 is 0 Å². The van der Waals surface area contributed by atoms with Crippen molar-refractivity contribution >= 4 is 12.0 Å². The largest absolute Gasteiger partial charge is 0.392 e. The van der Waals surface area contributed by atoms with Gasteiger partial charge in [0, 0.05) is 26.4 Å². The Labute approximate surface area is 169 Å². The van der Waals surface area contributed by atoms with Crippen molar-refractivity contribution in [2.45, 2.75) is 44.6 Å². The number of hydrogen-bond acceptors (Lipinski definition) is 2. The van der Waals surface area contributed by atoms with E-state index >= 15 is 0 Å². The second-order valence-corrected chi connectivity index (χ2v) is 8.39. The van der Waals surface area contributed by atoms with Crippen molar-refractivity contribution in [2.24, 2.45) is 17.8 Å². The van der Waals surface area contributed by atoms with Gasteiger partial charge in [0.1, 0.15) is 0 Å². The molecule has 0 aliphatic heterocycles. The molecule has 0 unspecified atom stereocenters. The molecule has 1 fully saturated rings. The lowest BCUT2D eigenvalue weighted by Gasteiger charge is -2.18. The van der Waals surface area contributed by atoms with Crippen molar-refractivity contribution in [3.8, 4) is 0 Å². The van der Waals surface area contributed by atoms with Crippen molar-refractivity contribution < 1.29 is 9.90 Å². The molecule has 1 amide bonds. The summed E-state index contributed by atoms with van der Waals surface area (Å²) in [5, 5.41) is 10.5. The van der Waals surface area contributed by atoms with E-state index in [0.29, 0.717) is 18.3 Å². The standard InChI is InChI=1S/C25H33NO2/c1-26(2)25(28)15-9-7-13-20-16-21-18-24(27)22(23(21)17-20)14-8-6-12-19-10-4-3-5-11-19/h3-6,8,10-12,14,16,21-24,27H,7,9,13,15,17-18H2,1-2H3/b12-6+,14-8+/t21-,22+,23-,24+/m0/s1. The molecule has 0 radical (unpaired) electrons. The minimum atomic E-state index is -0.230. The summed E-state index contributed by atoms with van der Waals surface area (Å²) >= 11 is 0. The molecular weight excluding hydrogens is 346 g/mol. The van der Waals surface area contributed by atoms with Gasteiger partial charge in [-0.05, 0) is 49.5 Å². The first-order chi connectivity index (χ1) is 13.5. The molecule has 3 heteroatoms. The number of nitrogens with zero attached hydrogens (tertiary/aromatic N) is 1. The van der Waals surface area contributed by atoms with E-state index in [1.807, 2.05) is 32.3 Å². The molecule has 4 atom stereocenters. The zero-order chi connectivity index (χ0) is 19.9. The van der Waals surface area contributed by atoms with Gasteiger partial charge in [-0.2, -0.15) is 0 Å². The first-order valence-electron chi connectivity index (χ1n) is 10.5. The highest BCUT2D eigenvalue weighted by molar-refractivity contribution is 5.75. The Morgan fingerprint density at radius 1 is 1.18 bits per heavy atom. The second-order valence-electron chi connectivity index (χ2n) is 8.39. The Bertz CT molecular complexity index is 732. The average molecular weight is 380 g/mol. The number of rotatable bonds is 8. The van der Waals surface area contributed by atoms with Crippen LogP contribution in [-0.2, 0) is 4.79 Å². The fraction of sp³-hybridized carbons (Fsp3) is 0.480. The summed E-state index contributed by atoms with van der Waals surface area (Å²) in [5.41, 5.74) is 2.71. The van der Waals surface area contributed by atoms with E-state index in [1.165, 1.54) is 11.1 Å². The van der Waals surface area contributed by atoms with E-state index in [9.17, 15) is 9.90 Å². The smallest absolute Gasteiger partial charge is 0.222 e. The number of carbonyl (C=O) groups is 1. The van der Waals surface area contributed by atoms with Crippen LogP contribution in [0, 0.1) is 17.8 Å². The summed E-state index contributed by atoms with van der Waals surface area (Å²) < 4.78 is 0. The lowest BCUT2D eigenvalue weighted by molar-refractivity contribution is -0.128. The van der Waals surface area contributed by atoms with Gasteiger partial charge in [0.05, 0.1) is 6.10 Å². The molecule has 1 saturated carbocycles. The molecule has 0 aromatic heterocycles. The Hall–Kier alpha value is -2.13. The van der Waals surface area contributed by atoms with Crippen molar-refractivity contribution in [1.29, 1.82) is 0 Å². The Morgan fingerprint density at radius 3 is 2.71 bits per heavy atom. The van der Waals surface area contributed by atoms with Gasteiger partial charge in [0.15, 0.2) is 0 Å². The van der Waals surface area contributed by atoms with Crippen LogP contribution in [0.4, 0.5) is 0 Å². The molecule has 0 saturated heterocycles. The van der Waals surface area contributed by atoms with Crippen LogP contribution >= 0.6 is 0 Å². The van der Waals surface area contributed by atoms with Crippen LogP contribution in [0.2, 0.25) is 0 Å². The number of aliphatic hydroxyl groups excluding tert-OH is 1. The zero-order valence-corrected chi connectivity index (χ0v) is 17.1. The molecule has 1 aromatic carbocycles. The van der Waals surface area contributed by atoms with Gasteiger partial charge < -0.3 is 10.0 Å². The fourth-order valence-corrected chi connectivity index (χ4v) is 4.57. The van der Waals surface area contributed by atoms with Gasteiger partial charge in [-0.1, -0.05) is 66.3 Å². The molecule has 28 heavy (non-hydrogen) atoms. The third-order valence-corrected chi connectivity index (χ3v) is 6.12. The van der Waals surface area contributed by atoms with E-state index in [2.05, 4.69) is 42.5 Å². The molecule has 0 bridgehead atoms. The Balaban J connectivity index is 1.46. The SMILES string of the molecule is CN(C)C(=O)CCCCC1=C[C@H]2C[C@@H](O)[C@H](/C=C/C=C/c3ccccc3)[C@H]2C1. The molecule has 0 heterocycles. The van der Waals surface area contributed by atoms with Gasteiger partial charge >= 0.3 is 0 Å². The molecule has 2 aliphatic rings. The molecule has 1 aromatic rings. The van der Waals surface area contributed by atoms with Crippen LogP contribution in [0.1, 0.15) is 44.1 Å². The minimum absolute atomic E-state index is 0.217. The first-order valence-corrected chi connectivity index (χ1v) is 10.5. The quantitative estimate of drug-likeness (QED) is 0.398. The fourth-order valence-electron chi connectivity index (χ4n) is 4.57. The zero-order valence-electron chi connectivity index (χ0n) is 17.1. The molecule has 1 N–H and O–H groups in total. The highest BCUT2D eigenvalue weighted by Crippen LogP contribution is 2.48. The summed E-state index contributed by atoms with van der Waals surface area (Å²) in [5.74, 6) is 1.51. The summed E-state index contributed by atoms with van der Waals surface area (Å²) in [7, 11) is 3.63. The number of benzene rings is 1. The molecule has 2 aliphatic carbocycles. The third kappa shape index (κ3) is 5.45. The van der Waals surface area contributed by atoms with E-state index < -0.39 is 0 Å². The monoisotopic (exact) mass is 379 g/mol. The maximum absolute atomic E-state index is 11.7. The predicted molar refractivity (Wildman–Crippen MR) is 116 cm³/mol. The maximum Gasteiger partial charge on any atom is 0.222 e. The normalized spacial score (nSPS) is 26.8. The highest BCUT2D eigenvalue weighted by Gasteiger charge is 2.42. The van der Waals surface area contributed by atoms with E-state index in [1.54, 1.807) is 4.90 Å². The van der Waals surface area contributed by atoms with Gasteiger partial charge in [0.2, 0.25) is 5.91 Å². The lowest BCUT2D eigenvalue weighted by Crippen LogP contribution is -2.21. The second kappa shape index (κ2) is 9.88. The molecular formula is C25H33NO2. The Kier molecular flexibility index (Phi) is 7.27. The van der Waals surface area contributed by atoms with Gasteiger partial charge in [-0.25, -0.2) is 0 Å². The number of carbonyl (C=O) groups excluding carboxylic acids is 1. The topological polar surface area (TPSA) is 40.5 Å². The number of aliphatic hydroxyl groups is 1. The number of amides is 1. The van der Waals surface area contributed by atoms with E-state index in [-0.39, 0.29) is 17.9 Å². The highest BCUT2D eigenvalue weighted by atomic mass is 16.3. The molecule has 3 nitrogen and oxygen atoms in total. The average Bonchev–Trinajstić information content (AvgIpc) is 3.20. The number of unbranched alkanes of at least 4 members (excludes halogenated alkanes) is 1. The lowest BCUT2D eigenvalue weighted by atomic mass is 9.89. The summed E-state index contributed by atoms with van der Waals surface area (Å²) in [6.45, 7) is 0. The minimum Gasteiger partial charge on any atom is -0.392 e.